The summed E-state index contributed by atoms with van der Waals surface area (Å²) in [5, 5.41) is 0. The molecule has 1 atom stereocenters. The number of quaternary nitrogens is 1. The summed E-state index contributed by atoms with van der Waals surface area (Å²) in [5.74, 6) is 0. The van der Waals surface area contributed by atoms with Crippen LogP contribution in [-0.4, -0.2) is 27.3 Å². The van der Waals surface area contributed by atoms with E-state index in [1.165, 1.54) is 11.4 Å². The van der Waals surface area contributed by atoms with Crippen molar-refractivity contribution < 1.29 is 0 Å². The first-order chi connectivity index (χ1) is 6.17. The average molecular weight is 177 g/mol. The Morgan fingerprint density at radius 2 is 2.08 bits per heavy atom. The van der Waals surface area contributed by atoms with Crippen molar-refractivity contribution in [3.05, 3.63) is 24.3 Å². The van der Waals surface area contributed by atoms with Gasteiger partial charge in [-0.2, -0.15) is 0 Å². The van der Waals surface area contributed by atoms with E-state index >= 15 is 0 Å². The summed E-state index contributed by atoms with van der Waals surface area (Å²) < 4.78 is 1.03. The Balaban J connectivity index is 2.53. The first-order valence-corrected chi connectivity index (χ1v) is 4.82. The molecule has 2 heteroatoms. The second-order valence-corrected chi connectivity index (χ2v) is 4.04. The van der Waals surface area contributed by atoms with Crippen molar-refractivity contribution in [1.82, 2.24) is 4.48 Å². The van der Waals surface area contributed by atoms with Crippen molar-refractivity contribution in [1.29, 1.82) is 0 Å². The fourth-order valence-electron chi connectivity index (χ4n) is 2.13. The van der Waals surface area contributed by atoms with Gasteiger partial charge in [0.15, 0.2) is 12.4 Å². The molecule has 1 unspecified atom stereocenters. The Kier molecular flexibility index (Phi) is 1.81. The summed E-state index contributed by atoms with van der Waals surface area (Å²) in [7, 11) is 4.46. The van der Waals surface area contributed by atoms with Gasteiger partial charge in [-0.05, 0) is 13.0 Å². The van der Waals surface area contributed by atoms with Crippen LogP contribution < -0.4 is 9.38 Å². The van der Waals surface area contributed by atoms with Crippen molar-refractivity contribution in [3.63, 3.8) is 0 Å². The molecule has 2 nitrogen and oxygen atoms in total. The SMILES string of the molecule is CC[N+]1(C)CN(C)c2ccccc21. The summed E-state index contributed by atoms with van der Waals surface area (Å²) in [5.41, 5.74) is 2.83. The zero-order valence-corrected chi connectivity index (χ0v) is 8.62. The highest BCUT2D eigenvalue weighted by Crippen LogP contribution is 2.38. The first kappa shape index (κ1) is 8.57. The second-order valence-electron chi connectivity index (χ2n) is 4.04. The largest absolute Gasteiger partial charge is 0.323 e. The number of benzene rings is 1. The van der Waals surface area contributed by atoms with E-state index in [4.69, 9.17) is 0 Å². The standard InChI is InChI=1S/C11H17N2/c1-4-13(3)9-12(2)10-7-5-6-8-11(10)13/h5-8H,4,9H2,1-3H3/q+1. The molecule has 0 spiro atoms. The van der Waals surface area contributed by atoms with Crippen molar-refractivity contribution in [2.45, 2.75) is 6.92 Å². The molecule has 0 aromatic heterocycles. The molecule has 2 rings (SSSR count). The molecule has 1 aromatic carbocycles. The molecule has 0 fully saturated rings. The minimum Gasteiger partial charge on any atom is -0.323 e. The summed E-state index contributed by atoms with van der Waals surface area (Å²) >= 11 is 0. The van der Waals surface area contributed by atoms with Crippen LogP contribution in [0.5, 0.6) is 0 Å². The molecule has 0 bridgehead atoms. The van der Waals surface area contributed by atoms with Crippen molar-refractivity contribution >= 4 is 11.4 Å². The number of hydrogen-bond acceptors (Lipinski definition) is 1. The monoisotopic (exact) mass is 177 g/mol. The van der Waals surface area contributed by atoms with Crippen molar-refractivity contribution in [3.8, 4) is 0 Å². The van der Waals surface area contributed by atoms with Gasteiger partial charge in [0, 0.05) is 13.1 Å². The van der Waals surface area contributed by atoms with E-state index in [1.807, 2.05) is 0 Å². The van der Waals surface area contributed by atoms with Gasteiger partial charge in [0.1, 0.15) is 5.69 Å². The van der Waals surface area contributed by atoms with Crippen LogP contribution in [0.15, 0.2) is 24.3 Å². The Bertz CT molecular complexity index is 322. The van der Waals surface area contributed by atoms with E-state index in [1.54, 1.807) is 0 Å². The van der Waals surface area contributed by atoms with Gasteiger partial charge in [-0.25, -0.2) is 0 Å². The molecule has 1 aromatic rings. The van der Waals surface area contributed by atoms with E-state index < -0.39 is 0 Å². The van der Waals surface area contributed by atoms with Gasteiger partial charge in [-0.1, -0.05) is 12.1 Å². The number of hydrogen-bond donors (Lipinski definition) is 0. The smallest absolute Gasteiger partial charge is 0.159 e. The number of anilines is 1. The molecule has 0 saturated heterocycles. The van der Waals surface area contributed by atoms with Crippen LogP contribution in [0.4, 0.5) is 11.4 Å². The fraction of sp³-hybridized carbons (Fsp3) is 0.455. The molecular weight excluding hydrogens is 160 g/mol. The maximum atomic E-state index is 2.33. The minimum absolute atomic E-state index is 1.03. The molecule has 13 heavy (non-hydrogen) atoms. The first-order valence-electron chi connectivity index (χ1n) is 4.82. The van der Waals surface area contributed by atoms with Gasteiger partial charge in [0.05, 0.1) is 13.6 Å². The lowest BCUT2D eigenvalue weighted by atomic mass is 10.2. The van der Waals surface area contributed by atoms with Gasteiger partial charge in [-0.15, -0.1) is 0 Å². The van der Waals surface area contributed by atoms with Crippen LogP contribution >= 0.6 is 0 Å². The lowest BCUT2D eigenvalue weighted by molar-refractivity contribution is 0.373. The minimum atomic E-state index is 1.03. The lowest BCUT2D eigenvalue weighted by Crippen LogP contribution is -2.46. The second kappa shape index (κ2) is 2.74. The van der Waals surface area contributed by atoms with Gasteiger partial charge in [0.25, 0.3) is 0 Å². The molecule has 1 heterocycles. The Morgan fingerprint density at radius 1 is 1.38 bits per heavy atom. The summed E-state index contributed by atoms with van der Waals surface area (Å²) in [4.78, 5) is 2.33. The number of para-hydroxylation sites is 2. The summed E-state index contributed by atoms with van der Waals surface area (Å²) in [6.07, 6.45) is 0. The van der Waals surface area contributed by atoms with E-state index in [0.717, 1.165) is 17.7 Å². The molecular formula is C11H17N2+. The highest BCUT2D eigenvalue weighted by Gasteiger charge is 2.35. The maximum absolute atomic E-state index is 2.33. The van der Waals surface area contributed by atoms with Crippen molar-refractivity contribution in [2.24, 2.45) is 0 Å². The fourth-order valence-corrected chi connectivity index (χ4v) is 2.13. The van der Waals surface area contributed by atoms with Crippen LogP contribution in [0.1, 0.15) is 6.92 Å². The normalized spacial score (nSPS) is 26.2. The summed E-state index contributed by atoms with van der Waals surface area (Å²) in [6.45, 7) is 4.49. The Hall–Kier alpha value is -1.02. The molecule has 1 aliphatic rings. The zero-order valence-electron chi connectivity index (χ0n) is 8.62. The van der Waals surface area contributed by atoms with Crippen LogP contribution in [0.2, 0.25) is 0 Å². The third-order valence-corrected chi connectivity index (χ3v) is 3.10. The average Bonchev–Trinajstić information content (AvgIpc) is 2.42. The quantitative estimate of drug-likeness (QED) is 0.593. The van der Waals surface area contributed by atoms with E-state index in [-0.39, 0.29) is 0 Å². The number of nitrogens with zero attached hydrogens (tertiary/aromatic N) is 2. The van der Waals surface area contributed by atoms with Gasteiger partial charge < -0.3 is 4.90 Å². The van der Waals surface area contributed by atoms with Gasteiger partial charge in [-0.3, -0.25) is 4.48 Å². The predicted molar refractivity (Wildman–Crippen MR) is 58.0 cm³/mol. The van der Waals surface area contributed by atoms with E-state index in [0.29, 0.717) is 0 Å². The van der Waals surface area contributed by atoms with Crippen LogP contribution in [0, 0.1) is 0 Å². The lowest BCUT2D eigenvalue weighted by Gasteiger charge is -2.27. The molecule has 0 aliphatic carbocycles. The molecule has 0 saturated carbocycles. The number of rotatable bonds is 1. The van der Waals surface area contributed by atoms with Crippen LogP contribution in [0.25, 0.3) is 0 Å². The van der Waals surface area contributed by atoms with Gasteiger partial charge in [0.2, 0.25) is 0 Å². The van der Waals surface area contributed by atoms with Crippen LogP contribution in [0.3, 0.4) is 0 Å². The Morgan fingerprint density at radius 3 is 2.77 bits per heavy atom. The predicted octanol–water partition coefficient (Wildman–Crippen LogP) is 2.05. The molecule has 0 amide bonds. The third-order valence-electron chi connectivity index (χ3n) is 3.10. The topological polar surface area (TPSA) is 3.24 Å². The Labute approximate surface area is 80.0 Å². The van der Waals surface area contributed by atoms with Gasteiger partial charge >= 0.3 is 0 Å². The maximum Gasteiger partial charge on any atom is 0.159 e. The highest BCUT2D eigenvalue weighted by atomic mass is 15.5. The highest BCUT2D eigenvalue weighted by molar-refractivity contribution is 5.72. The molecule has 70 valence electrons. The zero-order chi connectivity index (χ0) is 9.47. The summed E-state index contributed by atoms with van der Waals surface area (Å²) in [6, 6.07) is 8.68. The molecule has 0 N–H and O–H groups in total. The molecule has 0 radical (unpaired) electrons. The van der Waals surface area contributed by atoms with Crippen molar-refractivity contribution in [2.75, 3.05) is 32.2 Å². The third kappa shape index (κ3) is 1.13. The number of fused-ring (bicyclic) bond motifs is 1. The van der Waals surface area contributed by atoms with E-state index in [9.17, 15) is 0 Å². The molecule has 1 aliphatic heterocycles. The van der Waals surface area contributed by atoms with E-state index in [2.05, 4.69) is 50.2 Å². The van der Waals surface area contributed by atoms with Crippen LogP contribution in [-0.2, 0) is 0 Å².